The number of para-hydroxylation sites is 1. The minimum atomic E-state index is -0.387. The Kier molecular flexibility index (Phi) is 5.53. The third kappa shape index (κ3) is 4.63. The lowest BCUT2D eigenvalue weighted by Crippen LogP contribution is -2.25. The van der Waals surface area contributed by atoms with Crippen molar-refractivity contribution in [2.24, 2.45) is 0 Å². The van der Waals surface area contributed by atoms with E-state index < -0.39 is 0 Å². The third-order valence-corrected chi connectivity index (χ3v) is 3.77. The summed E-state index contributed by atoms with van der Waals surface area (Å²) in [5.41, 5.74) is 2.12. The van der Waals surface area contributed by atoms with Gasteiger partial charge in [-0.2, -0.15) is 0 Å². The van der Waals surface area contributed by atoms with E-state index in [2.05, 4.69) is 15.6 Å². The van der Waals surface area contributed by atoms with Gasteiger partial charge in [0.1, 0.15) is 11.6 Å². The van der Waals surface area contributed by atoms with Crippen molar-refractivity contribution >= 4 is 17.3 Å². The molecule has 2 N–H and O–H groups in total. The van der Waals surface area contributed by atoms with Gasteiger partial charge >= 0.3 is 0 Å². The molecule has 132 valence electrons. The Morgan fingerprint density at radius 2 is 1.77 bits per heavy atom. The van der Waals surface area contributed by atoms with Crippen LogP contribution in [0.5, 0.6) is 0 Å². The fraction of sp³-hybridized carbons (Fsp3) is 0.100. The van der Waals surface area contributed by atoms with Crippen LogP contribution < -0.4 is 10.6 Å². The zero-order valence-electron chi connectivity index (χ0n) is 13.9. The Morgan fingerprint density at radius 1 is 1.00 bits per heavy atom. The van der Waals surface area contributed by atoms with Crippen molar-refractivity contribution in [2.45, 2.75) is 6.42 Å². The van der Waals surface area contributed by atoms with E-state index in [0.29, 0.717) is 29.9 Å². The Morgan fingerprint density at radius 3 is 2.54 bits per heavy atom. The highest BCUT2D eigenvalue weighted by Crippen LogP contribution is 2.19. The second-order valence-electron chi connectivity index (χ2n) is 5.70. The van der Waals surface area contributed by atoms with Gasteiger partial charge in [-0.15, -0.1) is 0 Å². The summed E-state index contributed by atoms with van der Waals surface area (Å²) in [4.78, 5) is 16.3. The standard InChI is InChI=1S/C20H17F2N3O/c21-16-7-5-14(6-8-16)9-10-24-20(26)15-11-17(13-23-12-15)25-19-4-2-1-3-18(19)22/h1-8,11-13,25H,9-10H2,(H,24,26). The second kappa shape index (κ2) is 8.20. The number of benzene rings is 2. The van der Waals surface area contributed by atoms with E-state index >= 15 is 0 Å². The van der Waals surface area contributed by atoms with Crippen LogP contribution >= 0.6 is 0 Å². The molecular formula is C20H17F2N3O. The number of aromatic nitrogens is 1. The lowest BCUT2D eigenvalue weighted by molar-refractivity contribution is 0.0954. The maximum absolute atomic E-state index is 13.7. The molecule has 0 unspecified atom stereocenters. The molecule has 0 aliphatic rings. The number of carbonyl (C=O) groups excluding carboxylic acids is 1. The summed E-state index contributed by atoms with van der Waals surface area (Å²) in [5, 5.41) is 5.69. The molecule has 0 radical (unpaired) electrons. The van der Waals surface area contributed by atoms with Gasteiger partial charge < -0.3 is 10.6 Å². The van der Waals surface area contributed by atoms with E-state index in [-0.39, 0.29) is 17.5 Å². The predicted molar refractivity (Wildman–Crippen MR) is 96.4 cm³/mol. The monoisotopic (exact) mass is 353 g/mol. The molecule has 0 aliphatic carbocycles. The van der Waals surface area contributed by atoms with E-state index in [1.165, 1.54) is 30.6 Å². The first-order valence-electron chi connectivity index (χ1n) is 8.11. The maximum atomic E-state index is 13.7. The number of pyridine rings is 1. The van der Waals surface area contributed by atoms with Crippen molar-refractivity contribution in [1.29, 1.82) is 0 Å². The van der Waals surface area contributed by atoms with Crippen molar-refractivity contribution in [3.63, 3.8) is 0 Å². The lowest BCUT2D eigenvalue weighted by Gasteiger charge is -2.09. The molecule has 1 heterocycles. The zero-order chi connectivity index (χ0) is 18.4. The molecule has 0 fully saturated rings. The Labute approximate surface area is 149 Å². The molecule has 0 saturated heterocycles. The molecule has 0 atom stereocenters. The summed E-state index contributed by atoms with van der Waals surface area (Å²) >= 11 is 0. The highest BCUT2D eigenvalue weighted by molar-refractivity contribution is 5.94. The fourth-order valence-electron chi connectivity index (χ4n) is 2.42. The summed E-state index contributed by atoms with van der Waals surface area (Å²) in [6.07, 6.45) is 3.55. The van der Waals surface area contributed by atoms with Crippen LogP contribution in [-0.4, -0.2) is 17.4 Å². The molecule has 0 aliphatic heterocycles. The first kappa shape index (κ1) is 17.5. The van der Waals surface area contributed by atoms with Crippen LogP contribution in [0.2, 0.25) is 0 Å². The normalized spacial score (nSPS) is 10.4. The number of hydrogen-bond acceptors (Lipinski definition) is 3. The minimum absolute atomic E-state index is 0.281. The second-order valence-corrected chi connectivity index (χ2v) is 5.70. The van der Waals surface area contributed by atoms with Gasteiger partial charge in [0.2, 0.25) is 0 Å². The first-order chi connectivity index (χ1) is 12.6. The van der Waals surface area contributed by atoms with Crippen LogP contribution in [0.4, 0.5) is 20.2 Å². The van der Waals surface area contributed by atoms with E-state index in [1.54, 1.807) is 36.4 Å². The van der Waals surface area contributed by atoms with Gasteiger partial charge in [-0.05, 0) is 42.3 Å². The first-order valence-corrected chi connectivity index (χ1v) is 8.11. The van der Waals surface area contributed by atoms with Crippen LogP contribution in [0.3, 0.4) is 0 Å². The molecule has 4 nitrogen and oxygen atoms in total. The molecule has 3 rings (SSSR count). The maximum Gasteiger partial charge on any atom is 0.252 e. The third-order valence-electron chi connectivity index (χ3n) is 3.77. The molecular weight excluding hydrogens is 336 g/mol. The topological polar surface area (TPSA) is 54.0 Å². The summed E-state index contributed by atoms with van der Waals surface area (Å²) in [5.74, 6) is -0.957. The van der Waals surface area contributed by atoms with Gasteiger partial charge in [0.15, 0.2) is 0 Å². The van der Waals surface area contributed by atoms with E-state index in [1.807, 2.05) is 0 Å². The zero-order valence-corrected chi connectivity index (χ0v) is 13.9. The molecule has 0 spiro atoms. The highest BCUT2D eigenvalue weighted by Gasteiger charge is 2.08. The van der Waals surface area contributed by atoms with Crippen LogP contribution in [0, 0.1) is 11.6 Å². The number of carbonyl (C=O) groups is 1. The fourth-order valence-corrected chi connectivity index (χ4v) is 2.42. The average molecular weight is 353 g/mol. The number of amides is 1. The summed E-state index contributed by atoms with van der Waals surface area (Å²) in [7, 11) is 0. The minimum Gasteiger partial charge on any atom is -0.352 e. The molecule has 26 heavy (non-hydrogen) atoms. The largest absolute Gasteiger partial charge is 0.352 e. The van der Waals surface area contributed by atoms with Crippen molar-refractivity contribution in [2.75, 3.05) is 11.9 Å². The number of nitrogens with one attached hydrogen (secondary N) is 2. The van der Waals surface area contributed by atoms with E-state index in [4.69, 9.17) is 0 Å². The SMILES string of the molecule is O=C(NCCc1ccc(F)cc1)c1cncc(Nc2ccccc2F)c1. The lowest BCUT2D eigenvalue weighted by atomic mass is 10.1. The van der Waals surface area contributed by atoms with Crippen LogP contribution in [0.1, 0.15) is 15.9 Å². The Bertz CT molecular complexity index is 898. The Hall–Kier alpha value is -3.28. The van der Waals surface area contributed by atoms with Gasteiger partial charge in [-0.1, -0.05) is 24.3 Å². The molecule has 1 amide bonds. The summed E-state index contributed by atoms with van der Waals surface area (Å²) in [6.45, 7) is 0.412. The molecule has 2 aromatic carbocycles. The van der Waals surface area contributed by atoms with Gasteiger partial charge in [-0.25, -0.2) is 8.78 Å². The smallest absolute Gasteiger partial charge is 0.252 e. The van der Waals surface area contributed by atoms with Crippen LogP contribution in [-0.2, 0) is 6.42 Å². The van der Waals surface area contributed by atoms with Crippen molar-refractivity contribution in [1.82, 2.24) is 10.3 Å². The quantitative estimate of drug-likeness (QED) is 0.702. The van der Waals surface area contributed by atoms with Crippen LogP contribution in [0.25, 0.3) is 0 Å². The number of hydrogen-bond donors (Lipinski definition) is 2. The number of nitrogens with zero attached hydrogens (tertiary/aromatic N) is 1. The number of halogens is 2. The number of rotatable bonds is 6. The van der Waals surface area contributed by atoms with Crippen LogP contribution in [0.15, 0.2) is 67.0 Å². The van der Waals surface area contributed by atoms with E-state index in [0.717, 1.165) is 5.56 Å². The molecule has 1 aromatic heterocycles. The molecule has 6 heteroatoms. The van der Waals surface area contributed by atoms with Gasteiger partial charge in [-0.3, -0.25) is 9.78 Å². The van der Waals surface area contributed by atoms with Crippen molar-refractivity contribution in [3.8, 4) is 0 Å². The van der Waals surface area contributed by atoms with Gasteiger partial charge in [0.05, 0.1) is 23.1 Å². The number of anilines is 2. The molecule has 0 saturated carbocycles. The molecule has 3 aromatic rings. The summed E-state index contributed by atoms with van der Waals surface area (Å²) in [6, 6.07) is 14.0. The average Bonchev–Trinajstić information content (AvgIpc) is 2.65. The van der Waals surface area contributed by atoms with Crippen molar-refractivity contribution in [3.05, 3.63) is 89.8 Å². The predicted octanol–water partition coefficient (Wildman–Crippen LogP) is 4.08. The highest BCUT2D eigenvalue weighted by atomic mass is 19.1. The Balaban J connectivity index is 1.59. The van der Waals surface area contributed by atoms with Gasteiger partial charge in [0, 0.05) is 12.7 Å². The summed E-state index contributed by atoms with van der Waals surface area (Å²) < 4.78 is 26.6. The van der Waals surface area contributed by atoms with E-state index in [9.17, 15) is 13.6 Å². The van der Waals surface area contributed by atoms with Crippen molar-refractivity contribution < 1.29 is 13.6 Å². The van der Waals surface area contributed by atoms with Gasteiger partial charge in [0.25, 0.3) is 5.91 Å². The molecule has 0 bridgehead atoms.